The van der Waals surface area contributed by atoms with Crippen LogP contribution in [0.4, 0.5) is 0 Å². The third-order valence-corrected chi connectivity index (χ3v) is 10.4. The van der Waals surface area contributed by atoms with E-state index in [4.69, 9.17) is 31.3 Å². The first kappa shape index (κ1) is 29.5. The van der Waals surface area contributed by atoms with Crippen molar-refractivity contribution in [3.8, 4) is 67.9 Å². The number of ether oxygens (including phenoxy) is 1. The Balaban J connectivity index is 1.13. The van der Waals surface area contributed by atoms with Gasteiger partial charge in [-0.2, -0.15) is 0 Å². The van der Waals surface area contributed by atoms with Gasteiger partial charge in [-0.15, -0.1) is 0 Å². The standard InChI is InChI=1S/C46H28ClN3O/c47-39-23-12-21-37-41(39)34-17-7-8-19-35(34)46(37)36-20-9-10-24-40(36)51-42-33(18-11-22-38(42)46)29-25-27-32(28-26-29)45-49-43(30-13-3-1-4-14-30)48-44(50-45)31-15-5-2-6-16-31/h1-28H. The third kappa shape index (κ3) is 4.50. The van der Waals surface area contributed by atoms with Crippen molar-refractivity contribution in [1.82, 2.24) is 15.0 Å². The molecule has 10 rings (SSSR count). The summed E-state index contributed by atoms with van der Waals surface area (Å²) in [6.45, 7) is 0. The average molecular weight is 674 g/mol. The van der Waals surface area contributed by atoms with Gasteiger partial charge in [0.15, 0.2) is 17.5 Å². The molecule has 1 aliphatic heterocycles. The van der Waals surface area contributed by atoms with Crippen molar-refractivity contribution in [2.24, 2.45) is 0 Å². The highest BCUT2D eigenvalue weighted by atomic mass is 35.5. The SMILES string of the molecule is Clc1cccc2c1-c1ccccc1C21c2ccccc2Oc2c(-c3ccc(-c4nc(-c5ccccc5)nc(-c5ccccc5)n4)cc3)cccc21. The van der Waals surface area contributed by atoms with Crippen LogP contribution < -0.4 is 4.74 Å². The molecule has 1 aromatic heterocycles. The molecule has 4 nitrogen and oxygen atoms in total. The number of para-hydroxylation sites is 2. The minimum atomic E-state index is -0.594. The second-order valence-corrected chi connectivity index (χ2v) is 13.3. The Labute approximate surface area is 300 Å². The number of benzene rings is 7. The van der Waals surface area contributed by atoms with Crippen molar-refractivity contribution in [1.29, 1.82) is 0 Å². The number of halogens is 1. The molecule has 5 heteroatoms. The van der Waals surface area contributed by atoms with Gasteiger partial charge in [-0.25, -0.2) is 15.0 Å². The number of rotatable bonds is 4. The fourth-order valence-electron chi connectivity index (χ4n) is 7.89. The zero-order valence-electron chi connectivity index (χ0n) is 27.3. The lowest BCUT2D eigenvalue weighted by molar-refractivity contribution is 0.438. The van der Waals surface area contributed by atoms with E-state index in [9.17, 15) is 0 Å². The normalized spacial score (nSPS) is 15.0. The molecule has 0 amide bonds. The van der Waals surface area contributed by atoms with Crippen LogP contribution in [0.1, 0.15) is 22.3 Å². The highest BCUT2D eigenvalue weighted by Gasteiger charge is 2.51. The highest BCUT2D eigenvalue weighted by molar-refractivity contribution is 6.34. The van der Waals surface area contributed by atoms with Crippen molar-refractivity contribution in [2.45, 2.75) is 5.41 Å². The summed E-state index contributed by atoms with van der Waals surface area (Å²) in [6.07, 6.45) is 0. The Hall–Kier alpha value is -6.36. The Kier molecular flexibility index (Phi) is 6.73. The largest absolute Gasteiger partial charge is 0.456 e. The molecule has 0 radical (unpaired) electrons. The van der Waals surface area contributed by atoms with E-state index < -0.39 is 5.41 Å². The summed E-state index contributed by atoms with van der Waals surface area (Å²) in [5.41, 5.74) is 11.0. The minimum absolute atomic E-state index is 0.594. The van der Waals surface area contributed by atoms with E-state index >= 15 is 0 Å². The van der Waals surface area contributed by atoms with Crippen LogP contribution in [-0.4, -0.2) is 15.0 Å². The van der Waals surface area contributed by atoms with E-state index in [0.29, 0.717) is 17.5 Å². The van der Waals surface area contributed by atoms with Crippen molar-refractivity contribution in [2.75, 3.05) is 0 Å². The Bertz CT molecular complexity index is 2560. The molecule has 7 aromatic carbocycles. The molecule has 0 fully saturated rings. The van der Waals surface area contributed by atoms with E-state index in [-0.39, 0.29) is 0 Å². The van der Waals surface area contributed by atoms with Crippen LogP contribution in [0.3, 0.4) is 0 Å². The molecule has 1 unspecified atom stereocenters. The van der Waals surface area contributed by atoms with Gasteiger partial charge in [0, 0.05) is 44.0 Å². The molecule has 1 spiro atoms. The van der Waals surface area contributed by atoms with Crippen molar-refractivity contribution >= 4 is 11.6 Å². The van der Waals surface area contributed by atoms with E-state index in [1.165, 1.54) is 11.1 Å². The van der Waals surface area contributed by atoms with Crippen LogP contribution >= 0.6 is 11.6 Å². The molecular formula is C46H28ClN3O. The molecule has 240 valence electrons. The summed E-state index contributed by atoms with van der Waals surface area (Å²) < 4.78 is 6.89. The molecule has 1 aliphatic carbocycles. The van der Waals surface area contributed by atoms with Crippen LogP contribution in [0.5, 0.6) is 11.5 Å². The molecule has 2 heterocycles. The van der Waals surface area contributed by atoms with Crippen molar-refractivity contribution in [3.05, 3.63) is 197 Å². The fourth-order valence-corrected chi connectivity index (χ4v) is 8.17. The first-order valence-electron chi connectivity index (χ1n) is 17.0. The second kappa shape index (κ2) is 11.6. The second-order valence-electron chi connectivity index (χ2n) is 12.9. The van der Waals surface area contributed by atoms with Gasteiger partial charge in [0.05, 0.1) is 5.41 Å². The summed E-state index contributed by atoms with van der Waals surface area (Å²) in [5, 5.41) is 0.748. The zero-order valence-corrected chi connectivity index (χ0v) is 28.0. The van der Waals surface area contributed by atoms with E-state index in [2.05, 4.69) is 97.1 Å². The van der Waals surface area contributed by atoms with Crippen LogP contribution in [0.15, 0.2) is 170 Å². The maximum Gasteiger partial charge on any atom is 0.164 e. The predicted octanol–water partition coefficient (Wildman–Crippen LogP) is 11.7. The molecule has 2 aliphatic rings. The first-order valence-corrected chi connectivity index (χ1v) is 17.4. The molecule has 1 atom stereocenters. The maximum absolute atomic E-state index is 6.99. The van der Waals surface area contributed by atoms with Gasteiger partial charge in [-0.1, -0.05) is 169 Å². The zero-order chi connectivity index (χ0) is 33.9. The minimum Gasteiger partial charge on any atom is -0.456 e. The monoisotopic (exact) mass is 673 g/mol. The lowest BCUT2D eigenvalue weighted by Gasteiger charge is -2.40. The van der Waals surface area contributed by atoms with Crippen LogP contribution in [0.25, 0.3) is 56.4 Å². The van der Waals surface area contributed by atoms with Gasteiger partial charge < -0.3 is 4.74 Å². The van der Waals surface area contributed by atoms with Gasteiger partial charge in [-0.3, -0.25) is 0 Å². The Morgan fingerprint density at radius 2 is 0.882 bits per heavy atom. The highest BCUT2D eigenvalue weighted by Crippen LogP contribution is 2.64. The smallest absolute Gasteiger partial charge is 0.164 e. The summed E-state index contributed by atoms with van der Waals surface area (Å²) in [5.74, 6) is 3.56. The lowest BCUT2D eigenvalue weighted by Crippen LogP contribution is -2.32. The molecular weight excluding hydrogens is 646 g/mol. The van der Waals surface area contributed by atoms with Gasteiger partial charge >= 0.3 is 0 Å². The summed E-state index contributed by atoms with van der Waals surface area (Å²) in [4.78, 5) is 14.7. The lowest BCUT2D eigenvalue weighted by atomic mass is 9.65. The fraction of sp³-hybridized carbons (Fsp3) is 0.0217. The van der Waals surface area contributed by atoms with Crippen LogP contribution in [-0.2, 0) is 5.41 Å². The van der Waals surface area contributed by atoms with Crippen molar-refractivity contribution in [3.63, 3.8) is 0 Å². The number of aromatic nitrogens is 3. The molecule has 0 saturated heterocycles. The van der Waals surface area contributed by atoms with Crippen molar-refractivity contribution < 1.29 is 4.74 Å². The van der Waals surface area contributed by atoms with Gasteiger partial charge in [-0.05, 0) is 34.4 Å². The summed E-state index contributed by atoms with van der Waals surface area (Å²) in [7, 11) is 0. The molecule has 0 saturated carbocycles. The first-order chi connectivity index (χ1) is 25.2. The number of hydrogen-bond acceptors (Lipinski definition) is 4. The number of nitrogens with zero attached hydrogens (tertiary/aromatic N) is 3. The summed E-state index contributed by atoms with van der Waals surface area (Å²) >= 11 is 6.99. The van der Waals surface area contributed by atoms with Gasteiger partial charge in [0.1, 0.15) is 11.5 Å². The molecule has 51 heavy (non-hydrogen) atoms. The summed E-state index contributed by atoms with van der Waals surface area (Å²) in [6, 6.07) is 58.3. The molecule has 8 aromatic rings. The Morgan fingerprint density at radius 3 is 1.57 bits per heavy atom. The molecule has 0 N–H and O–H groups in total. The van der Waals surface area contributed by atoms with Gasteiger partial charge in [0.2, 0.25) is 0 Å². The van der Waals surface area contributed by atoms with Crippen LogP contribution in [0, 0.1) is 0 Å². The number of hydrogen-bond donors (Lipinski definition) is 0. The van der Waals surface area contributed by atoms with E-state index in [0.717, 1.165) is 66.6 Å². The average Bonchev–Trinajstić information content (AvgIpc) is 3.50. The predicted molar refractivity (Wildman–Crippen MR) is 204 cm³/mol. The van der Waals surface area contributed by atoms with E-state index in [1.54, 1.807) is 0 Å². The molecule has 0 bridgehead atoms. The quantitative estimate of drug-likeness (QED) is 0.186. The van der Waals surface area contributed by atoms with Crippen LogP contribution in [0.2, 0.25) is 5.02 Å². The maximum atomic E-state index is 6.99. The van der Waals surface area contributed by atoms with E-state index in [1.807, 2.05) is 72.8 Å². The van der Waals surface area contributed by atoms with Gasteiger partial charge in [0.25, 0.3) is 0 Å². The number of fused-ring (bicyclic) bond motifs is 9. The third-order valence-electron chi connectivity index (χ3n) is 10.1. The topological polar surface area (TPSA) is 47.9 Å². The Morgan fingerprint density at radius 1 is 0.392 bits per heavy atom.